The number of thiophene rings is 1. The monoisotopic (exact) mass is 309 g/mol. The molecule has 0 radical (unpaired) electrons. The fourth-order valence-electron chi connectivity index (χ4n) is 3.16. The average molecular weight is 309 g/mol. The van der Waals surface area contributed by atoms with E-state index < -0.39 is 6.10 Å². The van der Waals surface area contributed by atoms with Gasteiger partial charge in [-0.3, -0.25) is 4.79 Å². The topological polar surface area (TPSA) is 38.8 Å². The van der Waals surface area contributed by atoms with Crippen molar-refractivity contribution in [2.45, 2.75) is 44.2 Å². The lowest BCUT2D eigenvalue weighted by Gasteiger charge is -2.34. The van der Waals surface area contributed by atoms with E-state index in [4.69, 9.17) is 9.47 Å². The van der Waals surface area contributed by atoms with Crippen molar-refractivity contribution in [1.29, 1.82) is 0 Å². The number of hydrogen-bond donors (Lipinski definition) is 0. The summed E-state index contributed by atoms with van der Waals surface area (Å²) in [6, 6.07) is 4.56. The zero-order valence-corrected chi connectivity index (χ0v) is 13.1. The van der Waals surface area contributed by atoms with Crippen LogP contribution in [0.1, 0.15) is 30.6 Å². The van der Waals surface area contributed by atoms with E-state index in [9.17, 15) is 4.79 Å². The van der Waals surface area contributed by atoms with Gasteiger partial charge in [-0.05, 0) is 24.3 Å². The lowest BCUT2D eigenvalue weighted by Crippen LogP contribution is -2.50. The molecule has 2 fully saturated rings. The molecule has 0 bridgehead atoms. The maximum atomic E-state index is 12.8. The van der Waals surface area contributed by atoms with Gasteiger partial charge >= 0.3 is 0 Å². The van der Waals surface area contributed by atoms with Crippen molar-refractivity contribution >= 4 is 17.2 Å². The van der Waals surface area contributed by atoms with Crippen molar-refractivity contribution < 1.29 is 14.3 Å². The Labute approximate surface area is 130 Å². The Kier molecular flexibility index (Phi) is 5.27. The first kappa shape index (κ1) is 15.0. The Morgan fingerprint density at radius 1 is 1.33 bits per heavy atom. The van der Waals surface area contributed by atoms with Crippen LogP contribution in [-0.4, -0.2) is 49.3 Å². The van der Waals surface area contributed by atoms with Gasteiger partial charge in [0.15, 0.2) is 6.10 Å². The van der Waals surface area contributed by atoms with Crippen LogP contribution in [-0.2, 0) is 20.7 Å². The second kappa shape index (κ2) is 7.38. The first-order chi connectivity index (χ1) is 10.3. The molecule has 2 saturated heterocycles. The van der Waals surface area contributed by atoms with Crippen LogP contribution in [0.5, 0.6) is 0 Å². The molecule has 1 amide bonds. The highest BCUT2D eigenvalue weighted by Gasteiger charge is 2.32. The highest BCUT2D eigenvalue weighted by molar-refractivity contribution is 7.09. The Bertz CT molecular complexity index is 442. The second-order valence-corrected chi connectivity index (χ2v) is 6.78. The summed E-state index contributed by atoms with van der Waals surface area (Å²) in [7, 11) is 0. The summed E-state index contributed by atoms with van der Waals surface area (Å²) in [5.41, 5.74) is 0. The van der Waals surface area contributed by atoms with Gasteiger partial charge in [0.05, 0.1) is 19.8 Å². The molecule has 0 spiro atoms. The predicted octanol–water partition coefficient (Wildman–Crippen LogP) is 2.48. The van der Waals surface area contributed by atoms with E-state index in [1.165, 1.54) is 17.7 Å². The minimum Gasteiger partial charge on any atom is -0.376 e. The van der Waals surface area contributed by atoms with Gasteiger partial charge in [0.1, 0.15) is 0 Å². The maximum absolute atomic E-state index is 12.8. The third kappa shape index (κ3) is 3.84. The van der Waals surface area contributed by atoms with Crippen LogP contribution in [0.15, 0.2) is 17.5 Å². The molecular formula is C16H23NO3S. The van der Waals surface area contributed by atoms with Gasteiger partial charge in [-0.15, -0.1) is 11.3 Å². The normalized spacial score (nSPS) is 27.3. The lowest BCUT2D eigenvalue weighted by molar-refractivity contribution is -0.160. The van der Waals surface area contributed by atoms with Gasteiger partial charge < -0.3 is 14.4 Å². The van der Waals surface area contributed by atoms with E-state index in [0.29, 0.717) is 25.9 Å². The molecule has 0 N–H and O–H groups in total. The molecule has 0 aromatic carbocycles. The van der Waals surface area contributed by atoms with E-state index in [1.54, 1.807) is 11.3 Å². The maximum Gasteiger partial charge on any atom is 0.254 e. The SMILES string of the molecule is O=C([C@@H]1COCCO1)N1CCCCC[C@H]1Cc1cccs1. The molecular weight excluding hydrogens is 286 g/mol. The van der Waals surface area contributed by atoms with Gasteiger partial charge in [-0.2, -0.15) is 0 Å². The summed E-state index contributed by atoms with van der Waals surface area (Å²) in [6.45, 7) is 2.39. The van der Waals surface area contributed by atoms with Crippen LogP contribution in [0.3, 0.4) is 0 Å². The number of hydrogen-bond acceptors (Lipinski definition) is 4. The number of carbonyl (C=O) groups excluding carboxylic acids is 1. The molecule has 3 heterocycles. The standard InChI is InChI=1S/C16H23NO3S/c18-16(15-12-19-8-9-20-15)17-7-3-1-2-5-13(17)11-14-6-4-10-21-14/h4,6,10,13,15H,1-3,5,7-9,11-12H2/t13-,15-/m0/s1. The Morgan fingerprint density at radius 2 is 2.29 bits per heavy atom. The largest absolute Gasteiger partial charge is 0.376 e. The summed E-state index contributed by atoms with van der Waals surface area (Å²) in [5.74, 6) is 0.123. The number of likely N-dealkylation sites (tertiary alicyclic amines) is 1. The molecule has 1 aromatic heterocycles. The van der Waals surface area contributed by atoms with Gasteiger partial charge in [0.2, 0.25) is 0 Å². The molecule has 0 unspecified atom stereocenters. The van der Waals surface area contributed by atoms with Crippen LogP contribution in [0.2, 0.25) is 0 Å². The summed E-state index contributed by atoms with van der Waals surface area (Å²) in [5, 5.41) is 2.11. The Morgan fingerprint density at radius 3 is 3.05 bits per heavy atom. The van der Waals surface area contributed by atoms with Gasteiger partial charge in [0.25, 0.3) is 5.91 Å². The average Bonchev–Trinajstić information content (AvgIpc) is 2.92. The summed E-state index contributed by atoms with van der Waals surface area (Å²) < 4.78 is 11.0. The first-order valence-corrected chi connectivity index (χ1v) is 8.75. The van der Waals surface area contributed by atoms with E-state index in [-0.39, 0.29) is 5.91 Å². The summed E-state index contributed by atoms with van der Waals surface area (Å²) in [6.07, 6.45) is 5.19. The number of carbonyl (C=O) groups is 1. The zero-order valence-electron chi connectivity index (χ0n) is 12.3. The number of rotatable bonds is 3. The minimum atomic E-state index is -0.400. The third-order valence-corrected chi connectivity index (χ3v) is 5.17. The quantitative estimate of drug-likeness (QED) is 0.861. The van der Waals surface area contributed by atoms with Gasteiger partial charge in [-0.25, -0.2) is 0 Å². The number of nitrogens with zero attached hydrogens (tertiary/aromatic N) is 1. The Balaban J connectivity index is 1.69. The lowest BCUT2D eigenvalue weighted by atomic mass is 10.0. The third-order valence-electron chi connectivity index (χ3n) is 4.27. The fourth-order valence-corrected chi connectivity index (χ4v) is 3.93. The smallest absolute Gasteiger partial charge is 0.254 e. The molecule has 1 aromatic rings. The summed E-state index contributed by atoms with van der Waals surface area (Å²) in [4.78, 5) is 16.2. The molecule has 3 rings (SSSR count). The van der Waals surface area contributed by atoms with E-state index in [1.807, 2.05) is 0 Å². The van der Waals surface area contributed by atoms with Crippen molar-refractivity contribution in [2.75, 3.05) is 26.4 Å². The van der Waals surface area contributed by atoms with Crippen molar-refractivity contribution in [3.8, 4) is 0 Å². The van der Waals surface area contributed by atoms with E-state index in [2.05, 4.69) is 22.4 Å². The molecule has 116 valence electrons. The molecule has 5 heteroatoms. The second-order valence-electron chi connectivity index (χ2n) is 5.75. The predicted molar refractivity (Wildman–Crippen MR) is 82.6 cm³/mol. The Hall–Kier alpha value is -0.910. The molecule has 2 aliphatic heterocycles. The highest BCUT2D eigenvalue weighted by Crippen LogP contribution is 2.23. The van der Waals surface area contributed by atoms with Crippen molar-refractivity contribution in [1.82, 2.24) is 4.90 Å². The van der Waals surface area contributed by atoms with Gasteiger partial charge in [0, 0.05) is 23.9 Å². The number of ether oxygens (including phenoxy) is 2. The number of amides is 1. The molecule has 2 aliphatic rings. The molecule has 0 aliphatic carbocycles. The molecule has 21 heavy (non-hydrogen) atoms. The summed E-state index contributed by atoms with van der Waals surface area (Å²) >= 11 is 1.78. The molecule has 2 atom stereocenters. The van der Waals surface area contributed by atoms with E-state index >= 15 is 0 Å². The zero-order chi connectivity index (χ0) is 14.5. The molecule has 0 saturated carbocycles. The van der Waals surface area contributed by atoms with Crippen LogP contribution >= 0.6 is 11.3 Å². The van der Waals surface area contributed by atoms with Crippen LogP contribution in [0.25, 0.3) is 0 Å². The van der Waals surface area contributed by atoms with Crippen LogP contribution in [0.4, 0.5) is 0 Å². The van der Waals surface area contributed by atoms with Crippen LogP contribution in [0, 0.1) is 0 Å². The van der Waals surface area contributed by atoms with Crippen LogP contribution < -0.4 is 0 Å². The van der Waals surface area contributed by atoms with Crippen molar-refractivity contribution in [3.05, 3.63) is 22.4 Å². The van der Waals surface area contributed by atoms with Gasteiger partial charge in [-0.1, -0.05) is 18.9 Å². The fraction of sp³-hybridized carbons (Fsp3) is 0.688. The van der Waals surface area contributed by atoms with Crippen molar-refractivity contribution in [3.63, 3.8) is 0 Å². The highest BCUT2D eigenvalue weighted by atomic mass is 32.1. The molecule has 4 nitrogen and oxygen atoms in total. The van der Waals surface area contributed by atoms with E-state index in [0.717, 1.165) is 25.8 Å². The minimum absolute atomic E-state index is 0.123. The van der Waals surface area contributed by atoms with Crippen molar-refractivity contribution in [2.24, 2.45) is 0 Å². The first-order valence-electron chi connectivity index (χ1n) is 7.87.